The highest BCUT2D eigenvalue weighted by Gasteiger charge is 2.38. The maximum absolute atomic E-state index is 13.9. The average Bonchev–Trinajstić information content (AvgIpc) is 3.46. The van der Waals surface area contributed by atoms with Crippen molar-refractivity contribution in [1.82, 2.24) is 25.7 Å². The second-order valence-corrected chi connectivity index (χ2v) is 14.5. The molecule has 1 heterocycles. The summed E-state index contributed by atoms with van der Waals surface area (Å²) in [5.74, 6) is -0.820. The second kappa shape index (κ2) is 22.2. The van der Waals surface area contributed by atoms with E-state index in [9.17, 15) is 14.4 Å². The van der Waals surface area contributed by atoms with Crippen LogP contribution in [-0.4, -0.2) is 105 Å². The maximum Gasteiger partial charge on any atom is 0.407 e. The van der Waals surface area contributed by atoms with Crippen LogP contribution in [-0.2, 0) is 28.5 Å². The van der Waals surface area contributed by atoms with E-state index in [0.717, 1.165) is 5.56 Å². The molecular formula is C38H52Cl3N5O8. The van der Waals surface area contributed by atoms with Gasteiger partial charge in [0.2, 0.25) is 5.91 Å². The fraction of sp³-hybridized carbons (Fsp3) is 0.526. The largest absolute Gasteiger partial charge is 0.444 e. The molecule has 0 unspecified atom stereocenters. The number of hydrogen-bond donors (Lipinski definition) is 3. The van der Waals surface area contributed by atoms with Crippen molar-refractivity contribution in [3.8, 4) is 16.9 Å². The van der Waals surface area contributed by atoms with Crippen molar-refractivity contribution in [1.29, 1.82) is 0 Å². The average molecular weight is 813 g/mol. The summed E-state index contributed by atoms with van der Waals surface area (Å²) in [7, 11) is 0. The summed E-state index contributed by atoms with van der Waals surface area (Å²) in [5, 5.41) is 14.6. The van der Waals surface area contributed by atoms with Crippen LogP contribution < -0.4 is 16.0 Å². The first kappa shape index (κ1) is 45.0. The van der Waals surface area contributed by atoms with Crippen LogP contribution in [0, 0.1) is 6.92 Å². The highest BCUT2D eigenvalue weighted by molar-refractivity contribution is 6.35. The SMILES string of the molecule is CCC(CC)(NC(=O)c1nn(-c2ccc(Cl)cc2Cl)c(-c2ccc(Cl)cc2)c1C)C(=O)NCCOCCOCCOCCOCCNC(=O)OC(C)(C)C. The summed E-state index contributed by atoms with van der Waals surface area (Å²) in [4.78, 5) is 38.9. The lowest BCUT2D eigenvalue weighted by atomic mass is 9.91. The van der Waals surface area contributed by atoms with Gasteiger partial charge in [-0.05, 0) is 70.9 Å². The number of nitrogens with zero attached hydrogens (tertiary/aromatic N) is 2. The van der Waals surface area contributed by atoms with Gasteiger partial charge in [0.25, 0.3) is 5.91 Å². The summed E-state index contributed by atoms with van der Waals surface area (Å²) in [5.41, 5.74) is 0.971. The topological polar surface area (TPSA) is 151 Å². The fourth-order valence-electron chi connectivity index (χ4n) is 5.27. The van der Waals surface area contributed by atoms with E-state index in [1.165, 1.54) is 0 Å². The lowest BCUT2D eigenvalue weighted by molar-refractivity contribution is -0.128. The van der Waals surface area contributed by atoms with Gasteiger partial charge in [-0.2, -0.15) is 5.10 Å². The van der Waals surface area contributed by atoms with E-state index in [-0.39, 0.29) is 24.8 Å². The molecule has 1 aromatic heterocycles. The van der Waals surface area contributed by atoms with Gasteiger partial charge in [0.05, 0.1) is 69.3 Å². The Morgan fingerprint density at radius 3 is 1.78 bits per heavy atom. The van der Waals surface area contributed by atoms with E-state index in [0.29, 0.717) is 97.6 Å². The second-order valence-electron chi connectivity index (χ2n) is 13.2. The van der Waals surface area contributed by atoms with Gasteiger partial charge in [0.15, 0.2) is 5.69 Å². The van der Waals surface area contributed by atoms with E-state index < -0.39 is 23.1 Å². The molecule has 3 N–H and O–H groups in total. The molecule has 54 heavy (non-hydrogen) atoms. The van der Waals surface area contributed by atoms with Crippen molar-refractivity contribution < 1.29 is 38.1 Å². The summed E-state index contributed by atoms with van der Waals surface area (Å²) in [6, 6.07) is 12.2. The molecule has 0 aliphatic heterocycles. The normalized spacial score (nSPS) is 11.7. The zero-order valence-electron chi connectivity index (χ0n) is 31.8. The van der Waals surface area contributed by atoms with Crippen LogP contribution in [0.5, 0.6) is 0 Å². The van der Waals surface area contributed by atoms with Crippen LogP contribution >= 0.6 is 34.8 Å². The van der Waals surface area contributed by atoms with Gasteiger partial charge in [-0.25, -0.2) is 9.48 Å². The van der Waals surface area contributed by atoms with Crippen LogP contribution in [0.25, 0.3) is 16.9 Å². The monoisotopic (exact) mass is 811 g/mol. The van der Waals surface area contributed by atoms with Crippen molar-refractivity contribution in [2.24, 2.45) is 0 Å². The number of amides is 3. The molecule has 0 radical (unpaired) electrons. The van der Waals surface area contributed by atoms with Crippen molar-refractivity contribution in [2.45, 2.75) is 65.5 Å². The highest BCUT2D eigenvalue weighted by atomic mass is 35.5. The minimum absolute atomic E-state index is 0.150. The molecule has 0 saturated heterocycles. The molecular weight excluding hydrogens is 761 g/mol. The molecule has 0 aliphatic carbocycles. The highest BCUT2D eigenvalue weighted by Crippen LogP contribution is 2.33. The molecule has 0 spiro atoms. The molecule has 3 aromatic rings. The minimum atomic E-state index is -1.18. The molecule has 0 atom stereocenters. The molecule has 2 aromatic carbocycles. The summed E-state index contributed by atoms with van der Waals surface area (Å²) >= 11 is 18.9. The summed E-state index contributed by atoms with van der Waals surface area (Å²) in [6.45, 7) is 14.4. The van der Waals surface area contributed by atoms with Gasteiger partial charge >= 0.3 is 6.09 Å². The van der Waals surface area contributed by atoms with E-state index >= 15 is 0 Å². The zero-order valence-corrected chi connectivity index (χ0v) is 34.1. The number of alkyl carbamates (subject to hydrolysis) is 1. The molecule has 0 bridgehead atoms. The molecule has 0 saturated carbocycles. The lowest BCUT2D eigenvalue weighted by Crippen LogP contribution is -2.58. The number of hydrogen-bond acceptors (Lipinski definition) is 9. The Kier molecular flexibility index (Phi) is 18.5. The molecule has 16 heteroatoms. The van der Waals surface area contributed by atoms with E-state index in [1.54, 1.807) is 62.7 Å². The number of ether oxygens (including phenoxy) is 5. The fourth-order valence-corrected chi connectivity index (χ4v) is 5.89. The number of rotatable bonds is 22. The minimum Gasteiger partial charge on any atom is -0.444 e. The van der Waals surface area contributed by atoms with Gasteiger partial charge < -0.3 is 39.6 Å². The summed E-state index contributed by atoms with van der Waals surface area (Å²) < 4.78 is 28.8. The van der Waals surface area contributed by atoms with E-state index in [2.05, 4.69) is 16.0 Å². The number of carbonyl (C=O) groups excluding carboxylic acids is 3. The van der Waals surface area contributed by atoms with Crippen molar-refractivity contribution in [3.63, 3.8) is 0 Å². The van der Waals surface area contributed by atoms with Gasteiger partial charge in [-0.15, -0.1) is 0 Å². The quantitative estimate of drug-likeness (QED) is 0.0931. The third kappa shape index (κ3) is 14.0. The van der Waals surface area contributed by atoms with Gasteiger partial charge in [-0.1, -0.05) is 60.8 Å². The van der Waals surface area contributed by atoms with Crippen molar-refractivity contribution >= 4 is 52.7 Å². The van der Waals surface area contributed by atoms with Gasteiger partial charge in [-0.3, -0.25) is 9.59 Å². The lowest BCUT2D eigenvalue weighted by Gasteiger charge is -2.31. The number of halogens is 3. The molecule has 3 amide bonds. The Morgan fingerprint density at radius 2 is 1.26 bits per heavy atom. The number of benzene rings is 2. The van der Waals surface area contributed by atoms with Crippen LogP contribution in [0.2, 0.25) is 15.1 Å². The van der Waals surface area contributed by atoms with Crippen LogP contribution in [0.15, 0.2) is 42.5 Å². The Bertz CT molecular complexity index is 1660. The van der Waals surface area contributed by atoms with E-state index in [4.69, 9.17) is 63.6 Å². The Morgan fingerprint density at radius 1 is 0.741 bits per heavy atom. The van der Waals surface area contributed by atoms with Crippen LogP contribution in [0.4, 0.5) is 4.79 Å². The van der Waals surface area contributed by atoms with E-state index in [1.807, 2.05) is 26.0 Å². The Hall–Kier alpha value is -3.43. The first-order valence-corrected chi connectivity index (χ1v) is 19.0. The van der Waals surface area contributed by atoms with Crippen LogP contribution in [0.3, 0.4) is 0 Å². The summed E-state index contributed by atoms with van der Waals surface area (Å²) in [6.07, 6.45) is 0.220. The third-order valence-electron chi connectivity index (χ3n) is 8.15. The van der Waals surface area contributed by atoms with Crippen LogP contribution in [0.1, 0.15) is 63.5 Å². The zero-order chi connectivity index (χ0) is 39.7. The van der Waals surface area contributed by atoms with Gasteiger partial charge in [0, 0.05) is 34.3 Å². The molecule has 0 aliphatic rings. The molecule has 3 rings (SSSR count). The Balaban J connectivity index is 1.42. The molecule has 0 fully saturated rings. The molecule has 298 valence electrons. The standard InChI is InChI=1S/C38H52Cl3N5O8/c1-7-38(8-2,35(48)42-15-17-50-19-21-52-23-24-53-22-20-51-18-16-43-36(49)54-37(4,5)6)44-34(47)32-26(3)33(27-9-11-28(39)12-10-27)46(45-32)31-14-13-29(40)25-30(31)41/h9-14,25H,7-8,15-24H2,1-6H3,(H,42,48)(H,43,49)(H,44,47). The number of aromatic nitrogens is 2. The van der Waals surface area contributed by atoms with Gasteiger partial charge in [0.1, 0.15) is 11.1 Å². The maximum atomic E-state index is 13.9. The number of carbonyl (C=O) groups is 3. The Labute approximate surface area is 332 Å². The predicted molar refractivity (Wildman–Crippen MR) is 210 cm³/mol. The van der Waals surface area contributed by atoms with Crippen molar-refractivity contribution in [3.05, 3.63) is 68.8 Å². The number of nitrogens with one attached hydrogen (secondary N) is 3. The predicted octanol–water partition coefficient (Wildman–Crippen LogP) is 6.80. The first-order valence-electron chi connectivity index (χ1n) is 17.9. The first-order chi connectivity index (χ1) is 25.7. The smallest absolute Gasteiger partial charge is 0.407 e. The third-order valence-corrected chi connectivity index (χ3v) is 8.94. The van der Waals surface area contributed by atoms with Crippen molar-refractivity contribution in [2.75, 3.05) is 65.9 Å². The molecule has 13 nitrogen and oxygen atoms in total.